The highest BCUT2D eigenvalue weighted by Crippen LogP contribution is 2.27. The van der Waals surface area contributed by atoms with Gasteiger partial charge in [-0.05, 0) is 23.8 Å². The molecule has 2 aromatic rings. The molecule has 92 valence electrons. The first-order valence-corrected chi connectivity index (χ1v) is 5.99. The molecule has 0 unspecified atom stereocenters. The van der Waals surface area contributed by atoms with E-state index in [0.717, 1.165) is 15.5 Å². The van der Waals surface area contributed by atoms with Crippen molar-refractivity contribution in [3.8, 4) is 0 Å². The molecular formula is C12H10N2O3S. The summed E-state index contributed by atoms with van der Waals surface area (Å²) in [4.78, 5) is 15.1. The lowest BCUT2D eigenvalue weighted by Gasteiger charge is -2.01. The Morgan fingerprint density at radius 3 is 2.44 bits per heavy atom. The van der Waals surface area contributed by atoms with Crippen LogP contribution < -0.4 is 0 Å². The van der Waals surface area contributed by atoms with E-state index in [1.165, 1.54) is 23.9 Å². The average molecular weight is 262 g/mol. The minimum absolute atomic E-state index is 0.0323. The van der Waals surface area contributed by atoms with Crippen molar-refractivity contribution in [2.45, 2.75) is 16.5 Å². The maximum atomic E-state index is 10.5. The molecule has 0 spiro atoms. The molecule has 0 saturated heterocycles. The van der Waals surface area contributed by atoms with Crippen molar-refractivity contribution in [1.29, 1.82) is 0 Å². The molecule has 18 heavy (non-hydrogen) atoms. The molecular weight excluding hydrogens is 252 g/mol. The van der Waals surface area contributed by atoms with Crippen LogP contribution in [0.1, 0.15) is 5.56 Å². The standard InChI is InChI=1S/C12H10N2O3S/c15-8-9-1-6-12(13-7-9)18-11-4-2-10(3-5-11)14(16)17/h1-7,15H,8H2. The van der Waals surface area contributed by atoms with E-state index in [9.17, 15) is 10.1 Å². The van der Waals surface area contributed by atoms with Gasteiger partial charge in [-0.3, -0.25) is 10.1 Å². The Hall–Kier alpha value is -1.92. The normalized spacial score (nSPS) is 10.3. The van der Waals surface area contributed by atoms with Crippen LogP contribution in [0.2, 0.25) is 0 Å². The van der Waals surface area contributed by atoms with Crippen molar-refractivity contribution in [3.05, 3.63) is 58.3 Å². The quantitative estimate of drug-likeness (QED) is 0.677. The van der Waals surface area contributed by atoms with Crippen LogP contribution in [0.25, 0.3) is 0 Å². The summed E-state index contributed by atoms with van der Waals surface area (Å²) in [5.41, 5.74) is 0.825. The van der Waals surface area contributed by atoms with Crippen LogP contribution in [0, 0.1) is 10.1 Å². The number of non-ortho nitro benzene ring substituents is 1. The number of rotatable bonds is 4. The molecule has 0 radical (unpaired) electrons. The molecule has 0 bridgehead atoms. The third-order valence-corrected chi connectivity index (χ3v) is 3.21. The van der Waals surface area contributed by atoms with Gasteiger partial charge in [-0.1, -0.05) is 17.8 Å². The summed E-state index contributed by atoms with van der Waals surface area (Å²) >= 11 is 1.41. The highest BCUT2D eigenvalue weighted by Gasteiger charge is 2.05. The van der Waals surface area contributed by atoms with Gasteiger partial charge in [0.1, 0.15) is 5.03 Å². The van der Waals surface area contributed by atoms with Crippen LogP contribution in [0.15, 0.2) is 52.5 Å². The summed E-state index contributed by atoms with van der Waals surface area (Å²) in [5.74, 6) is 0. The van der Waals surface area contributed by atoms with Crippen LogP contribution >= 0.6 is 11.8 Å². The van der Waals surface area contributed by atoms with Gasteiger partial charge in [-0.2, -0.15) is 0 Å². The fourth-order valence-corrected chi connectivity index (χ4v) is 2.08. The number of aliphatic hydroxyl groups is 1. The Balaban J connectivity index is 2.10. The van der Waals surface area contributed by atoms with Crippen LogP contribution in [0.4, 0.5) is 5.69 Å². The number of nitrogens with zero attached hydrogens (tertiary/aromatic N) is 2. The Bertz CT molecular complexity index is 540. The predicted molar refractivity (Wildman–Crippen MR) is 67.4 cm³/mol. The Labute approximate surface area is 108 Å². The van der Waals surface area contributed by atoms with E-state index in [4.69, 9.17) is 5.11 Å². The fourth-order valence-electron chi connectivity index (χ4n) is 1.32. The van der Waals surface area contributed by atoms with E-state index in [1.807, 2.05) is 0 Å². The zero-order valence-corrected chi connectivity index (χ0v) is 10.1. The summed E-state index contributed by atoms with van der Waals surface area (Å²) in [6.45, 7) is -0.0323. The summed E-state index contributed by atoms with van der Waals surface area (Å²) in [7, 11) is 0. The highest BCUT2D eigenvalue weighted by atomic mass is 32.2. The van der Waals surface area contributed by atoms with Crippen molar-refractivity contribution >= 4 is 17.4 Å². The molecule has 1 aromatic carbocycles. The lowest BCUT2D eigenvalue weighted by Crippen LogP contribution is -1.87. The summed E-state index contributed by atoms with van der Waals surface area (Å²) in [5, 5.41) is 20.2. The van der Waals surface area contributed by atoms with E-state index in [0.29, 0.717) is 0 Å². The van der Waals surface area contributed by atoms with Crippen LogP contribution in [-0.4, -0.2) is 15.0 Å². The van der Waals surface area contributed by atoms with Gasteiger partial charge in [0.25, 0.3) is 5.69 Å². The van der Waals surface area contributed by atoms with E-state index in [1.54, 1.807) is 30.5 Å². The smallest absolute Gasteiger partial charge is 0.269 e. The molecule has 1 heterocycles. The molecule has 0 aliphatic rings. The summed E-state index contributed by atoms with van der Waals surface area (Å²) < 4.78 is 0. The average Bonchev–Trinajstić information content (AvgIpc) is 2.40. The molecule has 0 aliphatic heterocycles. The maximum absolute atomic E-state index is 10.5. The fraction of sp³-hybridized carbons (Fsp3) is 0.0833. The first-order chi connectivity index (χ1) is 8.69. The lowest BCUT2D eigenvalue weighted by atomic mass is 10.3. The number of benzene rings is 1. The van der Waals surface area contributed by atoms with Crippen LogP contribution in [-0.2, 0) is 6.61 Å². The van der Waals surface area contributed by atoms with Crippen LogP contribution in [0.3, 0.4) is 0 Å². The molecule has 0 atom stereocenters. The first-order valence-electron chi connectivity index (χ1n) is 5.17. The lowest BCUT2D eigenvalue weighted by molar-refractivity contribution is -0.384. The predicted octanol–water partition coefficient (Wildman–Crippen LogP) is 2.63. The van der Waals surface area contributed by atoms with Gasteiger partial charge < -0.3 is 5.11 Å². The van der Waals surface area contributed by atoms with Crippen LogP contribution in [0.5, 0.6) is 0 Å². The van der Waals surface area contributed by atoms with Gasteiger partial charge in [0, 0.05) is 23.2 Å². The second-order valence-electron chi connectivity index (χ2n) is 3.52. The molecule has 5 nitrogen and oxygen atoms in total. The van der Waals surface area contributed by atoms with Gasteiger partial charge in [0.2, 0.25) is 0 Å². The zero-order valence-electron chi connectivity index (χ0n) is 9.31. The minimum atomic E-state index is -0.428. The maximum Gasteiger partial charge on any atom is 0.269 e. The molecule has 2 rings (SSSR count). The molecule has 0 aliphatic carbocycles. The van der Waals surface area contributed by atoms with Gasteiger partial charge in [0.05, 0.1) is 11.5 Å². The molecule has 1 aromatic heterocycles. The number of aliphatic hydroxyl groups excluding tert-OH is 1. The van der Waals surface area contributed by atoms with Gasteiger partial charge in [0.15, 0.2) is 0 Å². The van der Waals surface area contributed by atoms with E-state index in [-0.39, 0.29) is 12.3 Å². The molecule has 0 fully saturated rings. The van der Waals surface area contributed by atoms with E-state index < -0.39 is 4.92 Å². The second-order valence-corrected chi connectivity index (χ2v) is 4.61. The number of nitro groups is 1. The van der Waals surface area contributed by atoms with Crippen molar-refractivity contribution in [2.75, 3.05) is 0 Å². The largest absolute Gasteiger partial charge is 0.392 e. The number of hydrogen-bond donors (Lipinski definition) is 1. The van der Waals surface area contributed by atoms with Crippen molar-refractivity contribution < 1.29 is 10.0 Å². The molecule has 0 saturated carbocycles. The van der Waals surface area contributed by atoms with Crippen molar-refractivity contribution in [1.82, 2.24) is 4.98 Å². The topological polar surface area (TPSA) is 76.3 Å². The monoisotopic (exact) mass is 262 g/mol. The van der Waals surface area contributed by atoms with Gasteiger partial charge in [-0.25, -0.2) is 4.98 Å². The first kappa shape index (κ1) is 12.5. The third-order valence-electron chi connectivity index (χ3n) is 2.25. The van der Waals surface area contributed by atoms with E-state index in [2.05, 4.69) is 4.98 Å². The Morgan fingerprint density at radius 2 is 1.94 bits per heavy atom. The van der Waals surface area contributed by atoms with E-state index >= 15 is 0 Å². The molecule has 1 N–H and O–H groups in total. The van der Waals surface area contributed by atoms with Gasteiger partial charge >= 0.3 is 0 Å². The van der Waals surface area contributed by atoms with Crippen molar-refractivity contribution in [2.24, 2.45) is 0 Å². The number of aromatic nitrogens is 1. The third kappa shape index (κ3) is 3.06. The zero-order chi connectivity index (χ0) is 13.0. The number of nitro benzene ring substituents is 1. The second kappa shape index (κ2) is 5.61. The molecule has 0 amide bonds. The van der Waals surface area contributed by atoms with Crippen molar-refractivity contribution in [3.63, 3.8) is 0 Å². The number of hydrogen-bond acceptors (Lipinski definition) is 5. The Kier molecular flexibility index (Phi) is 3.91. The highest BCUT2D eigenvalue weighted by molar-refractivity contribution is 7.99. The molecule has 6 heteroatoms. The minimum Gasteiger partial charge on any atom is -0.392 e. The summed E-state index contributed by atoms with van der Waals surface area (Å²) in [6, 6.07) is 9.89. The summed E-state index contributed by atoms with van der Waals surface area (Å²) in [6.07, 6.45) is 1.60. The number of pyridine rings is 1. The SMILES string of the molecule is O=[N+]([O-])c1ccc(Sc2ccc(CO)cn2)cc1. The van der Waals surface area contributed by atoms with Gasteiger partial charge in [-0.15, -0.1) is 0 Å². The Morgan fingerprint density at radius 1 is 1.22 bits per heavy atom.